The molecule has 0 fully saturated rings. The summed E-state index contributed by atoms with van der Waals surface area (Å²) in [6.07, 6.45) is 0.230. The van der Waals surface area contributed by atoms with Crippen LogP contribution in [0.2, 0.25) is 10.0 Å². The molecule has 1 atom stereocenters. The van der Waals surface area contributed by atoms with Crippen molar-refractivity contribution in [3.05, 3.63) is 88.2 Å². The van der Waals surface area contributed by atoms with Crippen molar-refractivity contribution in [2.45, 2.75) is 23.5 Å². The van der Waals surface area contributed by atoms with E-state index in [1.807, 2.05) is 30.3 Å². The Morgan fingerprint density at radius 2 is 1.68 bits per heavy atom. The van der Waals surface area contributed by atoms with Gasteiger partial charge in [0, 0.05) is 21.3 Å². The minimum absolute atomic E-state index is 0.0554. The zero-order valence-electron chi connectivity index (χ0n) is 16.5. The molecule has 0 radical (unpaired) electrons. The van der Waals surface area contributed by atoms with Gasteiger partial charge in [-0.2, -0.15) is 0 Å². The smallest absolute Gasteiger partial charge is 0.237 e. The number of thioether (sulfide) groups is 1. The Hall–Kier alpha value is -2.54. The molecule has 0 saturated heterocycles. The quantitative estimate of drug-likeness (QED) is 0.386. The van der Waals surface area contributed by atoms with E-state index in [1.165, 1.54) is 30.0 Å². The minimum Gasteiger partial charge on any atom is -0.326 e. The zero-order valence-corrected chi connectivity index (χ0v) is 18.8. The number of anilines is 2. The second kappa shape index (κ2) is 10.7. The molecule has 0 spiro atoms. The molecule has 0 bridgehead atoms. The Bertz CT molecular complexity index is 1090. The van der Waals surface area contributed by atoms with Crippen LogP contribution in [0, 0.1) is 5.82 Å². The van der Waals surface area contributed by atoms with Crippen molar-refractivity contribution in [3.8, 4) is 0 Å². The molecule has 2 N–H and O–H groups in total. The van der Waals surface area contributed by atoms with Gasteiger partial charge in [0.2, 0.25) is 11.8 Å². The summed E-state index contributed by atoms with van der Waals surface area (Å²) in [6.45, 7) is 1.76. The Morgan fingerprint density at radius 3 is 2.39 bits per heavy atom. The first-order chi connectivity index (χ1) is 14.8. The number of nitrogens with one attached hydrogen (secondary N) is 2. The molecule has 0 aliphatic heterocycles. The van der Waals surface area contributed by atoms with Crippen LogP contribution in [0.4, 0.5) is 15.8 Å². The van der Waals surface area contributed by atoms with E-state index in [4.69, 9.17) is 23.2 Å². The lowest BCUT2D eigenvalue weighted by atomic mass is 10.1. The van der Waals surface area contributed by atoms with Crippen molar-refractivity contribution in [2.24, 2.45) is 0 Å². The second-order valence-electron chi connectivity index (χ2n) is 6.76. The van der Waals surface area contributed by atoms with Crippen molar-refractivity contribution < 1.29 is 14.0 Å². The Kier molecular flexibility index (Phi) is 7.96. The van der Waals surface area contributed by atoms with Gasteiger partial charge in [-0.3, -0.25) is 9.59 Å². The van der Waals surface area contributed by atoms with Crippen LogP contribution in [-0.2, 0) is 16.0 Å². The van der Waals surface area contributed by atoms with Crippen LogP contribution >= 0.6 is 35.0 Å². The van der Waals surface area contributed by atoms with Gasteiger partial charge < -0.3 is 10.6 Å². The summed E-state index contributed by atoms with van der Waals surface area (Å²) < 4.78 is 13.3. The Balaban J connectivity index is 1.57. The summed E-state index contributed by atoms with van der Waals surface area (Å²) in [7, 11) is 0. The third-order valence-electron chi connectivity index (χ3n) is 4.26. The molecule has 0 heterocycles. The maximum Gasteiger partial charge on any atom is 0.237 e. The second-order valence-corrected chi connectivity index (χ2v) is 9.02. The van der Waals surface area contributed by atoms with Crippen LogP contribution in [0.1, 0.15) is 12.5 Å². The van der Waals surface area contributed by atoms with Gasteiger partial charge in [-0.25, -0.2) is 4.39 Å². The largest absolute Gasteiger partial charge is 0.326 e. The summed E-state index contributed by atoms with van der Waals surface area (Å²) >= 11 is 13.0. The molecule has 3 rings (SSSR count). The van der Waals surface area contributed by atoms with Gasteiger partial charge in [-0.05, 0) is 61.0 Å². The number of rotatable bonds is 7. The van der Waals surface area contributed by atoms with E-state index in [2.05, 4.69) is 10.6 Å². The number of amides is 2. The van der Waals surface area contributed by atoms with E-state index in [0.717, 1.165) is 10.5 Å². The number of halogens is 3. The molecular weight excluding hydrogens is 458 g/mol. The fraction of sp³-hybridized carbons (Fsp3) is 0.130. The first-order valence-electron chi connectivity index (χ1n) is 9.37. The molecule has 0 saturated carbocycles. The first kappa shape index (κ1) is 23.1. The average Bonchev–Trinajstić information content (AvgIpc) is 2.72. The van der Waals surface area contributed by atoms with Gasteiger partial charge in [0.05, 0.1) is 16.7 Å². The monoisotopic (exact) mass is 476 g/mol. The lowest BCUT2D eigenvalue weighted by Gasteiger charge is -2.13. The molecule has 160 valence electrons. The Morgan fingerprint density at radius 1 is 0.968 bits per heavy atom. The average molecular weight is 477 g/mol. The maximum absolute atomic E-state index is 13.3. The van der Waals surface area contributed by atoms with Gasteiger partial charge in [0.1, 0.15) is 5.82 Å². The van der Waals surface area contributed by atoms with Crippen molar-refractivity contribution in [1.82, 2.24) is 0 Å². The molecule has 3 aromatic carbocycles. The number of hydrogen-bond donors (Lipinski definition) is 2. The molecule has 31 heavy (non-hydrogen) atoms. The molecule has 3 aromatic rings. The highest BCUT2D eigenvalue weighted by Gasteiger charge is 2.16. The lowest BCUT2D eigenvalue weighted by Crippen LogP contribution is -2.22. The van der Waals surface area contributed by atoms with E-state index in [-0.39, 0.29) is 23.3 Å². The van der Waals surface area contributed by atoms with Crippen molar-refractivity contribution >= 4 is 58.2 Å². The van der Waals surface area contributed by atoms with Crippen LogP contribution in [0.5, 0.6) is 0 Å². The molecule has 0 aromatic heterocycles. The summed E-state index contributed by atoms with van der Waals surface area (Å²) in [5, 5.41) is 5.72. The summed E-state index contributed by atoms with van der Waals surface area (Å²) in [5.74, 6) is -0.940. The fourth-order valence-electron chi connectivity index (χ4n) is 2.72. The molecule has 0 aliphatic carbocycles. The van der Waals surface area contributed by atoms with E-state index >= 15 is 0 Å². The van der Waals surface area contributed by atoms with E-state index in [9.17, 15) is 14.0 Å². The zero-order chi connectivity index (χ0) is 22.4. The molecule has 2 amide bonds. The minimum atomic E-state index is -0.544. The van der Waals surface area contributed by atoms with Gasteiger partial charge in [0.15, 0.2) is 0 Å². The highest BCUT2D eigenvalue weighted by atomic mass is 35.5. The fourth-order valence-corrected chi connectivity index (χ4v) is 3.95. The molecule has 4 nitrogen and oxygen atoms in total. The SMILES string of the molecule is CC(Sc1cccc(NC(=O)Cc2ccc(Cl)cc2)c1)C(=O)Nc1ccc(F)c(Cl)c1. The standard InChI is InChI=1S/C23H19Cl2FN2O2S/c1-14(23(30)28-18-9-10-21(26)20(25)13-18)31-19-4-2-3-17(12-19)27-22(29)11-15-5-7-16(24)8-6-15/h2-10,12-14H,11H2,1H3,(H,27,29)(H,28,30). The normalized spacial score (nSPS) is 11.6. The van der Waals surface area contributed by atoms with Crippen LogP contribution in [0.3, 0.4) is 0 Å². The van der Waals surface area contributed by atoms with Crippen LogP contribution in [0.15, 0.2) is 71.6 Å². The number of hydrogen-bond acceptors (Lipinski definition) is 3. The Labute approximate surface area is 194 Å². The number of carbonyl (C=O) groups excluding carboxylic acids is 2. The molecule has 0 aliphatic rings. The van der Waals surface area contributed by atoms with E-state index in [0.29, 0.717) is 16.4 Å². The molecule has 1 unspecified atom stereocenters. The van der Waals surface area contributed by atoms with Gasteiger partial charge in [-0.15, -0.1) is 11.8 Å². The van der Waals surface area contributed by atoms with Gasteiger partial charge >= 0.3 is 0 Å². The van der Waals surface area contributed by atoms with E-state index < -0.39 is 11.1 Å². The van der Waals surface area contributed by atoms with Crippen molar-refractivity contribution in [2.75, 3.05) is 10.6 Å². The van der Waals surface area contributed by atoms with Crippen LogP contribution < -0.4 is 10.6 Å². The summed E-state index contributed by atoms with van der Waals surface area (Å²) in [5.41, 5.74) is 1.92. The van der Waals surface area contributed by atoms with Crippen molar-refractivity contribution in [1.29, 1.82) is 0 Å². The van der Waals surface area contributed by atoms with Gasteiger partial charge in [0.25, 0.3) is 0 Å². The van der Waals surface area contributed by atoms with E-state index in [1.54, 1.807) is 25.1 Å². The number of benzene rings is 3. The highest BCUT2D eigenvalue weighted by molar-refractivity contribution is 8.00. The molecular formula is C23H19Cl2FN2O2S. The molecule has 8 heteroatoms. The highest BCUT2D eigenvalue weighted by Crippen LogP contribution is 2.27. The van der Waals surface area contributed by atoms with Crippen molar-refractivity contribution in [3.63, 3.8) is 0 Å². The van der Waals surface area contributed by atoms with Crippen LogP contribution in [0.25, 0.3) is 0 Å². The van der Waals surface area contributed by atoms with Crippen LogP contribution in [-0.4, -0.2) is 17.1 Å². The maximum atomic E-state index is 13.3. The third kappa shape index (κ3) is 6.99. The predicted octanol–water partition coefficient (Wildman–Crippen LogP) is 6.43. The first-order valence-corrected chi connectivity index (χ1v) is 11.0. The van der Waals surface area contributed by atoms with Gasteiger partial charge in [-0.1, -0.05) is 41.4 Å². The summed E-state index contributed by atoms with van der Waals surface area (Å²) in [6, 6.07) is 18.4. The predicted molar refractivity (Wildman–Crippen MR) is 126 cm³/mol. The number of carbonyl (C=O) groups is 2. The topological polar surface area (TPSA) is 58.2 Å². The summed E-state index contributed by atoms with van der Waals surface area (Å²) in [4.78, 5) is 25.6. The lowest BCUT2D eigenvalue weighted by molar-refractivity contribution is -0.116. The third-order valence-corrected chi connectivity index (χ3v) is 5.90.